The Bertz CT molecular complexity index is 2960. The summed E-state index contributed by atoms with van der Waals surface area (Å²) >= 11 is 0. The Hall–Kier alpha value is -7.42. The van der Waals surface area contributed by atoms with Gasteiger partial charge < -0.3 is 0 Å². The molecule has 0 spiro atoms. The molecule has 0 atom stereocenters. The fourth-order valence-electron chi connectivity index (χ4n) is 7.86. The van der Waals surface area contributed by atoms with Crippen LogP contribution in [0.25, 0.3) is 100.0 Å². The topological polar surface area (TPSA) is 25.8 Å². The Kier molecular flexibility index (Phi) is 8.55. The number of nitrogens with zero attached hydrogens (tertiary/aromatic N) is 2. The second-order valence-electron chi connectivity index (χ2n) is 14.2. The predicted molar refractivity (Wildman–Crippen MR) is 235 cm³/mol. The first-order valence-corrected chi connectivity index (χ1v) is 19.1. The number of benzene rings is 8. The van der Waals surface area contributed by atoms with Crippen LogP contribution in [0, 0.1) is 0 Å². The zero-order chi connectivity index (χ0) is 37.3. The van der Waals surface area contributed by atoms with Crippen LogP contribution in [0.2, 0.25) is 0 Å². The summed E-state index contributed by atoms with van der Waals surface area (Å²) in [6.07, 6.45) is 0. The highest BCUT2D eigenvalue weighted by atomic mass is 14.7. The van der Waals surface area contributed by atoms with Gasteiger partial charge in [0, 0.05) is 22.1 Å². The van der Waals surface area contributed by atoms with Gasteiger partial charge in [-0.25, -0.2) is 9.97 Å². The molecule has 0 aliphatic heterocycles. The van der Waals surface area contributed by atoms with Crippen LogP contribution in [0.4, 0.5) is 0 Å². The molecule has 2 nitrogen and oxygen atoms in total. The second-order valence-corrected chi connectivity index (χ2v) is 14.2. The highest BCUT2D eigenvalue weighted by molar-refractivity contribution is 6.17. The maximum absolute atomic E-state index is 5.20. The summed E-state index contributed by atoms with van der Waals surface area (Å²) < 4.78 is 0. The van der Waals surface area contributed by atoms with Crippen LogP contribution >= 0.6 is 0 Å². The molecule has 0 amide bonds. The number of fused-ring (bicyclic) bond motifs is 3. The van der Waals surface area contributed by atoms with Crippen LogP contribution in [-0.4, -0.2) is 9.97 Å². The van der Waals surface area contributed by atoms with E-state index in [9.17, 15) is 0 Å². The van der Waals surface area contributed by atoms with E-state index in [2.05, 4.69) is 206 Å². The lowest BCUT2D eigenvalue weighted by Crippen LogP contribution is -1.92. The van der Waals surface area contributed by atoms with Crippen LogP contribution in [0.3, 0.4) is 0 Å². The monoisotopic (exact) mass is 712 g/mol. The van der Waals surface area contributed by atoms with Crippen LogP contribution in [0.1, 0.15) is 0 Å². The molecule has 0 unspecified atom stereocenters. The van der Waals surface area contributed by atoms with E-state index in [-0.39, 0.29) is 0 Å². The summed E-state index contributed by atoms with van der Waals surface area (Å²) in [4.78, 5) is 10.4. The number of rotatable bonds is 7. The van der Waals surface area contributed by atoms with Gasteiger partial charge in [0.1, 0.15) is 0 Å². The summed E-state index contributed by atoms with van der Waals surface area (Å²) in [5.41, 5.74) is 16.5. The maximum atomic E-state index is 5.20. The van der Waals surface area contributed by atoms with Crippen molar-refractivity contribution in [2.75, 3.05) is 0 Å². The van der Waals surface area contributed by atoms with Crippen molar-refractivity contribution in [2.24, 2.45) is 0 Å². The zero-order valence-electron chi connectivity index (χ0n) is 30.7. The smallest absolute Gasteiger partial charge is 0.0722 e. The van der Waals surface area contributed by atoms with Crippen molar-refractivity contribution in [1.29, 1.82) is 0 Å². The largest absolute Gasteiger partial charge is 0.248 e. The third-order valence-electron chi connectivity index (χ3n) is 10.7. The van der Waals surface area contributed by atoms with E-state index in [1.54, 1.807) is 0 Å². The van der Waals surface area contributed by atoms with Gasteiger partial charge in [-0.2, -0.15) is 0 Å². The summed E-state index contributed by atoms with van der Waals surface area (Å²) in [5, 5.41) is 3.57. The second kappa shape index (κ2) is 14.4. The van der Waals surface area contributed by atoms with Gasteiger partial charge in [-0.15, -0.1) is 0 Å². The van der Waals surface area contributed by atoms with Gasteiger partial charge >= 0.3 is 0 Å². The quantitative estimate of drug-likeness (QED) is 0.154. The average molecular weight is 713 g/mol. The lowest BCUT2D eigenvalue weighted by molar-refractivity contribution is 1.32. The summed E-state index contributed by atoms with van der Waals surface area (Å²) in [6.45, 7) is 0. The molecule has 56 heavy (non-hydrogen) atoms. The highest BCUT2D eigenvalue weighted by Crippen LogP contribution is 2.40. The molecule has 0 aliphatic carbocycles. The minimum absolute atomic E-state index is 0.948. The van der Waals surface area contributed by atoms with E-state index in [1.807, 2.05) is 12.1 Å². The highest BCUT2D eigenvalue weighted by Gasteiger charge is 2.15. The van der Waals surface area contributed by atoms with E-state index >= 15 is 0 Å². The minimum atomic E-state index is 0.948. The van der Waals surface area contributed by atoms with Crippen molar-refractivity contribution in [2.45, 2.75) is 0 Å². The fraction of sp³-hybridized carbons (Fsp3) is 0. The normalized spacial score (nSPS) is 11.2. The maximum Gasteiger partial charge on any atom is 0.0722 e. The lowest BCUT2D eigenvalue weighted by Gasteiger charge is -2.15. The van der Waals surface area contributed by atoms with Crippen molar-refractivity contribution in [1.82, 2.24) is 9.97 Å². The zero-order valence-corrected chi connectivity index (χ0v) is 30.7. The molecule has 0 radical (unpaired) electrons. The minimum Gasteiger partial charge on any atom is -0.248 e. The van der Waals surface area contributed by atoms with E-state index in [0.717, 1.165) is 50.4 Å². The predicted octanol–water partition coefficient (Wildman–Crippen LogP) is 14.5. The summed E-state index contributed by atoms with van der Waals surface area (Å²) in [6, 6.07) is 77.5. The Morgan fingerprint density at radius 2 is 0.661 bits per heavy atom. The van der Waals surface area contributed by atoms with Gasteiger partial charge in [-0.1, -0.05) is 194 Å². The Labute approximate surface area is 327 Å². The van der Waals surface area contributed by atoms with Crippen LogP contribution in [-0.2, 0) is 0 Å². The summed E-state index contributed by atoms with van der Waals surface area (Å²) in [5.74, 6) is 0. The Balaban J connectivity index is 1.06. The van der Waals surface area contributed by atoms with Crippen molar-refractivity contribution in [3.63, 3.8) is 0 Å². The van der Waals surface area contributed by atoms with Crippen LogP contribution < -0.4 is 0 Å². The average Bonchev–Trinajstić information content (AvgIpc) is 3.29. The van der Waals surface area contributed by atoms with E-state index in [4.69, 9.17) is 9.97 Å². The van der Waals surface area contributed by atoms with Crippen molar-refractivity contribution < 1.29 is 0 Å². The fourth-order valence-corrected chi connectivity index (χ4v) is 7.86. The molecule has 0 bridgehead atoms. The molecule has 0 saturated heterocycles. The molecule has 2 aromatic heterocycles. The SMILES string of the molecule is c1ccc(-c2ccc(-c3cc(-c4ccc(-c5cccc6c5ccc5nc(-c7ccccc7)cc(-c7ccccc7)c56)cc4)cc(-c4ccccc4)n3)cc2)cc1. The summed E-state index contributed by atoms with van der Waals surface area (Å²) in [7, 11) is 0. The first-order chi connectivity index (χ1) is 27.7. The third kappa shape index (κ3) is 6.34. The Morgan fingerprint density at radius 1 is 0.232 bits per heavy atom. The molecule has 10 rings (SSSR count). The number of pyridine rings is 2. The molecule has 0 fully saturated rings. The molecule has 0 saturated carbocycles. The van der Waals surface area contributed by atoms with E-state index in [0.29, 0.717) is 0 Å². The molecule has 2 heteroatoms. The first-order valence-electron chi connectivity index (χ1n) is 19.1. The first kappa shape index (κ1) is 33.2. The van der Waals surface area contributed by atoms with Gasteiger partial charge in [0.05, 0.1) is 22.6 Å². The standard InChI is InChI=1S/C54H36N2/c1-5-14-37(15-6-1)38-26-30-44(31-27-38)52-35-45(34-51(56-52)42-18-9-3-10-19-42)39-24-28-41(29-25-39)46-22-13-23-48-47(46)32-33-50-54(48)49(40-16-7-2-8-17-40)36-53(55-50)43-20-11-4-12-21-43/h1-36H. The Morgan fingerprint density at radius 3 is 1.25 bits per heavy atom. The number of hydrogen-bond donors (Lipinski definition) is 0. The number of hydrogen-bond acceptors (Lipinski definition) is 2. The molecule has 8 aromatic carbocycles. The van der Waals surface area contributed by atoms with Gasteiger partial charge in [0.25, 0.3) is 0 Å². The lowest BCUT2D eigenvalue weighted by atomic mass is 9.91. The molecule has 0 N–H and O–H groups in total. The van der Waals surface area contributed by atoms with E-state index < -0.39 is 0 Å². The van der Waals surface area contributed by atoms with Crippen molar-refractivity contribution in [3.05, 3.63) is 218 Å². The van der Waals surface area contributed by atoms with E-state index in [1.165, 1.54) is 49.5 Å². The molecule has 0 aliphatic rings. The van der Waals surface area contributed by atoms with Gasteiger partial charge in [-0.3, -0.25) is 0 Å². The van der Waals surface area contributed by atoms with Crippen LogP contribution in [0.5, 0.6) is 0 Å². The third-order valence-corrected chi connectivity index (χ3v) is 10.7. The van der Waals surface area contributed by atoms with Crippen LogP contribution in [0.15, 0.2) is 218 Å². The van der Waals surface area contributed by atoms with Crippen molar-refractivity contribution in [3.8, 4) is 78.3 Å². The molecule has 10 aromatic rings. The molecule has 262 valence electrons. The van der Waals surface area contributed by atoms with Gasteiger partial charge in [-0.05, 0) is 79.5 Å². The van der Waals surface area contributed by atoms with Gasteiger partial charge in [0.2, 0.25) is 0 Å². The number of aromatic nitrogens is 2. The molecule has 2 heterocycles. The molecular formula is C54H36N2. The van der Waals surface area contributed by atoms with Crippen molar-refractivity contribution >= 4 is 21.7 Å². The van der Waals surface area contributed by atoms with Gasteiger partial charge in [0.15, 0.2) is 0 Å². The molecular weight excluding hydrogens is 677 g/mol.